The van der Waals surface area contributed by atoms with E-state index in [9.17, 15) is 0 Å². The number of unbranched alkanes of at least 4 members (excludes halogenated alkanes) is 3. The summed E-state index contributed by atoms with van der Waals surface area (Å²) in [5.74, 6) is 1.18. The zero-order chi connectivity index (χ0) is 19.5. The SMILES string of the molecule is c1ccc2c(c1)SCCc1c-2n(CCCCCCN2CCCC2)c2ccccc12. The molecule has 0 radical (unpaired) electrons. The van der Waals surface area contributed by atoms with Crippen LogP contribution in [0.25, 0.3) is 22.2 Å². The Kier molecular flexibility index (Phi) is 5.96. The number of likely N-dealkylation sites (tertiary alicyclic amines) is 1. The van der Waals surface area contributed by atoms with Gasteiger partial charge in [0.05, 0.1) is 5.69 Å². The van der Waals surface area contributed by atoms with Crippen molar-refractivity contribution < 1.29 is 0 Å². The van der Waals surface area contributed by atoms with Gasteiger partial charge in [-0.3, -0.25) is 0 Å². The van der Waals surface area contributed by atoms with E-state index in [1.54, 1.807) is 5.56 Å². The van der Waals surface area contributed by atoms with Crippen LogP contribution in [0.4, 0.5) is 0 Å². The van der Waals surface area contributed by atoms with Gasteiger partial charge in [0.25, 0.3) is 0 Å². The Labute approximate surface area is 179 Å². The third kappa shape index (κ3) is 4.00. The summed E-state index contributed by atoms with van der Waals surface area (Å²) in [6.45, 7) is 5.11. The molecule has 0 bridgehead atoms. The highest BCUT2D eigenvalue weighted by atomic mass is 32.2. The number of aromatic nitrogens is 1. The van der Waals surface area contributed by atoms with Gasteiger partial charge in [-0.1, -0.05) is 49.2 Å². The molecule has 0 aliphatic carbocycles. The number of aryl methyl sites for hydroxylation is 2. The third-order valence-corrected chi connectivity index (χ3v) is 7.71. The number of benzene rings is 2. The number of nitrogens with zero attached hydrogens (tertiary/aromatic N) is 2. The van der Waals surface area contributed by atoms with E-state index >= 15 is 0 Å². The van der Waals surface area contributed by atoms with Gasteiger partial charge in [0, 0.05) is 33.7 Å². The van der Waals surface area contributed by atoms with Gasteiger partial charge in [-0.25, -0.2) is 0 Å². The number of rotatable bonds is 7. The lowest BCUT2D eigenvalue weighted by Gasteiger charge is -2.15. The molecular weight excluding hydrogens is 372 g/mol. The van der Waals surface area contributed by atoms with Crippen LogP contribution >= 0.6 is 11.8 Å². The standard InChI is InChI=1S/C26H32N2S/c1(7-16-27-17-9-10-18-27)2-8-19-28-24-13-5-3-11-21(24)22-15-20-29-25-14-6-4-12-23(25)26(22)28/h3-6,11-14H,1-2,7-10,15-20H2. The third-order valence-electron chi connectivity index (χ3n) is 6.63. The van der Waals surface area contributed by atoms with E-state index in [0.717, 1.165) is 13.0 Å². The molecule has 0 spiro atoms. The first-order chi connectivity index (χ1) is 14.4. The second kappa shape index (κ2) is 8.97. The minimum atomic E-state index is 1.14. The molecule has 0 saturated carbocycles. The maximum atomic E-state index is 2.65. The van der Waals surface area contributed by atoms with Crippen molar-refractivity contribution >= 4 is 22.7 Å². The van der Waals surface area contributed by atoms with Crippen LogP contribution in [0.2, 0.25) is 0 Å². The van der Waals surface area contributed by atoms with Crippen molar-refractivity contribution in [1.82, 2.24) is 9.47 Å². The highest BCUT2D eigenvalue weighted by Crippen LogP contribution is 2.42. The molecule has 2 aliphatic rings. The molecule has 0 unspecified atom stereocenters. The number of fused-ring (bicyclic) bond motifs is 5. The van der Waals surface area contributed by atoms with Crippen molar-refractivity contribution in [3.05, 3.63) is 54.1 Å². The molecule has 2 aliphatic heterocycles. The first kappa shape index (κ1) is 19.3. The Morgan fingerprint density at radius 1 is 0.793 bits per heavy atom. The van der Waals surface area contributed by atoms with Gasteiger partial charge in [0.15, 0.2) is 0 Å². The first-order valence-corrected chi connectivity index (χ1v) is 12.4. The largest absolute Gasteiger partial charge is 0.340 e. The molecule has 0 N–H and O–H groups in total. The fraction of sp³-hybridized carbons (Fsp3) is 0.462. The molecule has 5 rings (SSSR count). The van der Waals surface area contributed by atoms with Crippen molar-refractivity contribution in [2.75, 3.05) is 25.4 Å². The van der Waals surface area contributed by atoms with Crippen molar-refractivity contribution in [2.24, 2.45) is 0 Å². The maximum absolute atomic E-state index is 2.65. The average molecular weight is 405 g/mol. The second-order valence-electron chi connectivity index (χ2n) is 8.55. The molecule has 3 aromatic rings. The van der Waals surface area contributed by atoms with Gasteiger partial charge in [0.2, 0.25) is 0 Å². The topological polar surface area (TPSA) is 8.17 Å². The Hall–Kier alpha value is -1.71. The Balaban J connectivity index is 1.35. The molecule has 1 aromatic heterocycles. The van der Waals surface area contributed by atoms with E-state index in [1.165, 1.54) is 91.0 Å². The zero-order valence-corrected chi connectivity index (χ0v) is 18.2. The number of hydrogen-bond acceptors (Lipinski definition) is 2. The first-order valence-electron chi connectivity index (χ1n) is 11.5. The number of thioether (sulfide) groups is 1. The minimum absolute atomic E-state index is 1.14. The molecule has 1 fully saturated rings. The highest BCUT2D eigenvalue weighted by Gasteiger charge is 2.22. The van der Waals surface area contributed by atoms with Gasteiger partial charge in [-0.15, -0.1) is 11.8 Å². The molecule has 1 saturated heterocycles. The number of hydrogen-bond donors (Lipinski definition) is 0. The van der Waals surface area contributed by atoms with Crippen LogP contribution in [0, 0.1) is 0 Å². The van der Waals surface area contributed by atoms with Gasteiger partial charge in [-0.05, 0) is 69.4 Å². The molecule has 2 nitrogen and oxygen atoms in total. The molecule has 2 aromatic carbocycles. The van der Waals surface area contributed by atoms with Gasteiger partial charge < -0.3 is 9.47 Å². The van der Waals surface area contributed by atoms with Crippen molar-refractivity contribution in [1.29, 1.82) is 0 Å². The summed E-state index contributed by atoms with van der Waals surface area (Å²) in [6.07, 6.45) is 9.33. The van der Waals surface area contributed by atoms with Crippen molar-refractivity contribution in [3.8, 4) is 11.3 Å². The lowest BCUT2D eigenvalue weighted by atomic mass is 10.0. The Morgan fingerprint density at radius 2 is 1.55 bits per heavy atom. The summed E-state index contributed by atoms with van der Waals surface area (Å²) >= 11 is 2.02. The predicted octanol–water partition coefficient (Wildman–Crippen LogP) is 6.61. The van der Waals surface area contributed by atoms with Crippen LogP contribution in [0.3, 0.4) is 0 Å². The lowest BCUT2D eigenvalue weighted by Crippen LogP contribution is -2.20. The monoisotopic (exact) mass is 404 g/mol. The summed E-state index contributed by atoms with van der Waals surface area (Å²) in [7, 11) is 0. The van der Waals surface area contributed by atoms with E-state index in [-0.39, 0.29) is 0 Å². The normalized spacial score (nSPS) is 16.7. The molecule has 0 amide bonds. The molecule has 3 heteroatoms. The van der Waals surface area contributed by atoms with E-state index < -0.39 is 0 Å². The fourth-order valence-electron chi connectivity index (χ4n) is 5.18. The summed E-state index contributed by atoms with van der Waals surface area (Å²) < 4.78 is 2.63. The van der Waals surface area contributed by atoms with Crippen LogP contribution in [0.15, 0.2) is 53.4 Å². The Morgan fingerprint density at radius 3 is 2.45 bits per heavy atom. The summed E-state index contributed by atoms with van der Waals surface area (Å²) in [5.41, 5.74) is 5.92. The van der Waals surface area contributed by atoms with Crippen LogP contribution in [-0.2, 0) is 13.0 Å². The molecular formula is C26H32N2S. The van der Waals surface area contributed by atoms with E-state index in [2.05, 4.69) is 58.0 Å². The Bertz CT molecular complexity index is 968. The maximum Gasteiger partial charge on any atom is 0.0535 e. The second-order valence-corrected chi connectivity index (χ2v) is 9.69. The highest BCUT2D eigenvalue weighted by molar-refractivity contribution is 7.99. The van der Waals surface area contributed by atoms with Gasteiger partial charge in [-0.2, -0.15) is 0 Å². The molecule has 152 valence electrons. The predicted molar refractivity (Wildman–Crippen MR) is 126 cm³/mol. The quantitative estimate of drug-likeness (QED) is 0.409. The smallest absolute Gasteiger partial charge is 0.0535 e. The number of para-hydroxylation sites is 1. The van der Waals surface area contributed by atoms with Crippen LogP contribution in [-0.4, -0.2) is 34.9 Å². The van der Waals surface area contributed by atoms with Gasteiger partial charge in [0.1, 0.15) is 0 Å². The lowest BCUT2D eigenvalue weighted by molar-refractivity contribution is 0.327. The average Bonchev–Trinajstić information content (AvgIpc) is 3.33. The zero-order valence-electron chi connectivity index (χ0n) is 17.4. The summed E-state index contributed by atoms with van der Waals surface area (Å²) in [4.78, 5) is 4.09. The van der Waals surface area contributed by atoms with Crippen molar-refractivity contribution in [2.45, 2.75) is 56.4 Å². The molecule has 29 heavy (non-hydrogen) atoms. The van der Waals surface area contributed by atoms with Gasteiger partial charge >= 0.3 is 0 Å². The van der Waals surface area contributed by atoms with E-state index in [1.807, 2.05) is 11.8 Å². The fourth-order valence-corrected chi connectivity index (χ4v) is 6.21. The van der Waals surface area contributed by atoms with Crippen LogP contribution in [0.1, 0.15) is 44.1 Å². The molecule has 3 heterocycles. The molecule has 0 atom stereocenters. The van der Waals surface area contributed by atoms with Crippen molar-refractivity contribution in [3.63, 3.8) is 0 Å². The van der Waals surface area contributed by atoms with Crippen LogP contribution in [0.5, 0.6) is 0 Å². The van der Waals surface area contributed by atoms with E-state index in [4.69, 9.17) is 0 Å². The summed E-state index contributed by atoms with van der Waals surface area (Å²) in [6, 6.07) is 18.1. The summed E-state index contributed by atoms with van der Waals surface area (Å²) in [5, 5.41) is 1.47. The van der Waals surface area contributed by atoms with E-state index in [0.29, 0.717) is 0 Å². The van der Waals surface area contributed by atoms with Crippen LogP contribution < -0.4 is 0 Å². The minimum Gasteiger partial charge on any atom is -0.340 e.